The first kappa shape index (κ1) is 10.5. The molecule has 0 aromatic heterocycles. The predicted octanol–water partition coefficient (Wildman–Crippen LogP) is 2.06. The van der Waals surface area contributed by atoms with Gasteiger partial charge in [0.25, 0.3) is 16.0 Å². The van der Waals surface area contributed by atoms with Gasteiger partial charge in [0.05, 0.1) is 10.8 Å². The molecule has 1 unspecified atom stereocenters. The molecule has 0 aliphatic heterocycles. The molecule has 0 saturated heterocycles. The van der Waals surface area contributed by atoms with Gasteiger partial charge in [-0.15, -0.1) is 0 Å². The van der Waals surface area contributed by atoms with Crippen molar-refractivity contribution in [2.24, 2.45) is 0 Å². The lowest BCUT2D eigenvalue weighted by atomic mass is 10.1. The van der Waals surface area contributed by atoms with Crippen LogP contribution in [0.5, 0.6) is 0 Å². The van der Waals surface area contributed by atoms with Gasteiger partial charge in [-0.3, -0.25) is 4.55 Å². The first-order valence-electron chi connectivity index (χ1n) is 4.26. The van der Waals surface area contributed by atoms with Crippen LogP contribution < -0.4 is 0 Å². The Morgan fingerprint density at radius 2 is 1.73 bits per heavy atom. The van der Waals surface area contributed by atoms with Crippen LogP contribution in [-0.2, 0) is 10.1 Å². The fourth-order valence-electron chi connectivity index (χ4n) is 1.45. The minimum absolute atomic E-state index is 0.196. The summed E-state index contributed by atoms with van der Waals surface area (Å²) < 4.78 is 55.3. The van der Waals surface area contributed by atoms with E-state index in [-0.39, 0.29) is 11.3 Å². The van der Waals surface area contributed by atoms with Crippen LogP contribution in [0.2, 0.25) is 0 Å². The van der Waals surface area contributed by atoms with Crippen molar-refractivity contribution in [3.8, 4) is 0 Å². The summed E-state index contributed by atoms with van der Waals surface area (Å²) in [7, 11) is -4.24. The Labute approximate surface area is 85.5 Å². The van der Waals surface area contributed by atoms with E-state index >= 15 is 0 Å². The Bertz CT molecular complexity index is 479. The van der Waals surface area contributed by atoms with Crippen molar-refractivity contribution in [2.45, 2.75) is 23.2 Å². The summed E-state index contributed by atoms with van der Waals surface area (Å²) in [4.78, 5) is -0.282. The summed E-state index contributed by atoms with van der Waals surface area (Å²) in [6.45, 7) is 0. The lowest BCUT2D eigenvalue weighted by molar-refractivity contribution is 0.112. The molecule has 82 valence electrons. The summed E-state index contributed by atoms with van der Waals surface area (Å²) in [6, 6.07) is 4.85. The maximum Gasteiger partial charge on any atom is 0.294 e. The molecule has 0 heterocycles. The van der Waals surface area contributed by atoms with E-state index in [0.29, 0.717) is 5.56 Å². The first-order valence-corrected chi connectivity index (χ1v) is 5.70. The highest BCUT2D eigenvalue weighted by atomic mass is 32.2. The van der Waals surface area contributed by atoms with E-state index in [0.717, 1.165) is 12.1 Å². The Hall–Kier alpha value is -1.01. The highest BCUT2D eigenvalue weighted by Crippen LogP contribution is 2.55. The summed E-state index contributed by atoms with van der Waals surface area (Å²) in [5, 5.41) is 0. The van der Waals surface area contributed by atoms with E-state index in [1.807, 2.05) is 0 Å². The highest BCUT2D eigenvalue weighted by Gasteiger charge is 2.57. The van der Waals surface area contributed by atoms with Gasteiger partial charge in [-0.2, -0.15) is 8.42 Å². The molecule has 0 amide bonds. The fourth-order valence-corrected chi connectivity index (χ4v) is 1.93. The van der Waals surface area contributed by atoms with E-state index in [2.05, 4.69) is 0 Å². The number of benzene rings is 1. The molecule has 1 saturated carbocycles. The Balaban J connectivity index is 2.27. The minimum Gasteiger partial charge on any atom is -0.282 e. The van der Waals surface area contributed by atoms with E-state index in [9.17, 15) is 17.2 Å². The quantitative estimate of drug-likeness (QED) is 0.797. The molecule has 1 fully saturated rings. The van der Waals surface area contributed by atoms with Gasteiger partial charge in [0.1, 0.15) is 0 Å². The maximum absolute atomic E-state index is 12.6. The average Bonchev–Trinajstić information content (AvgIpc) is 2.74. The smallest absolute Gasteiger partial charge is 0.282 e. The molecule has 1 aromatic carbocycles. The summed E-state index contributed by atoms with van der Waals surface area (Å²) in [5.41, 5.74) is 0.396. The minimum atomic E-state index is -4.24. The predicted molar refractivity (Wildman–Crippen MR) is 48.6 cm³/mol. The first-order chi connectivity index (χ1) is 6.81. The van der Waals surface area contributed by atoms with Crippen molar-refractivity contribution in [3.05, 3.63) is 29.8 Å². The molecule has 6 heteroatoms. The number of halogens is 2. The molecular weight excluding hydrogens is 226 g/mol. The zero-order valence-corrected chi connectivity index (χ0v) is 8.34. The van der Waals surface area contributed by atoms with E-state index in [1.165, 1.54) is 12.1 Å². The largest absolute Gasteiger partial charge is 0.294 e. The van der Waals surface area contributed by atoms with Crippen molar-refractivity contribution < 1.29 is 21.8 Å². The Morgan fingerprint density at radius 3 is 2.07 bits per heavy atom. The van der Waals surface area contributed by atoms with Crippen molar-refractivity contribution in [3.63, 3.8) is 0 Å². The van der Waals surface area contributed by atoms with Crippen LogP contribution >= 0.6 is 0 Å². The molecule has 1 aliphatic carbocycles. The molecule has 0 spiro atoms. The fraction of sp³-hybridized carbons (Fsp3) is 0.333. The summed E-state index contributed by atoms with van der Waals surface area (Å²) in [6.07, 6.45) is -0.196. The van der Waals surface area contributed by atoms with Crippen LogP contribution in [0.25, 0.3) is 0 Å². The second-order valence-corrected chi connectivity index (χ2v) is 4.98. The van der Waals surface area contributed by atoms with Gasteiger partial charge in [-0.25, -0.2) is 8.78 Å². The standard InChI is InChI=1S/C9H8F2O3S/c10-9(11)5-8(9)6-1-3-7(4-2-6)15(12,13)14/h1-4,8H,5H2,(H,12,13,14). The monoisotopic (exact) mass is 234 g/mol. The Morgan fingerprint density at radius 1 is 1.27 bits per heavy atom. The van der Waals surface area contributed by atoms with Gasteiger partial charge in [-0.1, -0.05) is 12.1 Å². The van der Waals surface area contributed by atoms with E-state index < -0.39 is 22.0 Å². The number of hydrogen-bond acceptors (Lipinski definition) is 2. The van der Waals surface area contributed by atoms with E-state index in [1.54, 1.807) is 0 Å². The number of rotatable bonds is 2. The van der Waals surface area contributed by atoms with Gasteiger partial charge >= 0.3 is 0 Å². The van der Waals surface area contributed by atoms with E-state index in [4.69, 9.17) is 4.55 Å². The van der Waals surface area contributed by atoms with Gasteiger partial charge in [0.2, 0.25) is 0 Å². The van der Waals surface area contributed by atoms with Crippen LogP contribution in [-0.4, -0.2) is 18.9 Å². The van der Waals surface area contributed by atoms with Crippen molar-refractivity contribution in [1.82, 2.24) is 0 Å². The molecule has 0 radical (unpaired) electrons. The third-order valence-electron chi connectivity index (χ3n) is 2.41. The zero-order valence-electron chi connectivity index (χ0n) is 7.52. The maximum atomic E-state index is 12.6. The SMILES string of the molecule is O=S(=O)(O)c1ccc(C2CC2(F)F)cc1. The van der Waals surface area contributed by atoms with Crippen molar-refractivity contribution >= 4 is 10.1 Å². The topological polar surface area (TPSA) is 54.4 Å². The molecule has 1 atom stereocenters. The summed E-state index contributed by atoms with van der Waals surface area (Å²) in [5.74, 6) is -3.48. The summed E-state index contributed by atoms with van der Waals surface area (Å²) >= 11 is 0. The van der Waals surface area contributed by atoms with Crippen LogP contribution in [0.15, 0.2) is 29.2 Å². The van der Waals surface area contributed by atoms with Crippen LogP contribution in [0.3, 0.4) is 0 Å². The second kappa shape index (κ2) is 2.99. The molecule has 1 aromatic rings. The van der Waals surface area contributed by atoms with Gasteiger partial charge in [-0.05, 0) is 17.7 Å². The normalized spacial score (nSPS) is 23.8. The average molecular weight is 234 g/mol. The van der Waals surface area contributed by atoms with Crippen LogP contribution in [0, 0.1) is 0 Å². The third kappa shape index (κ3) is 2.00. The zero-order chi connectivity index (χ0) is 11.3. The lowest BCUT2D eigenvalue weighted by Crippen LogP contribution is -1.98. The van der Waals surface area contributed by atoms with Crippen LogP contribution in [0.1, 0.15) is 17.9 Å². The van der Waals surface area contributed by atoms with Gasteiger partial charge in [0.15, 0.2) is 0 Å². The Kier molecular flexibility index (Phi) is 2.09. The van der Waals surface area contributed by atoms with Crippen molar-refractivity contribution in [1.29, 1.82) is 0 Å². The molecule has 3 nitrogen and oxygen atoms in total. The highest BCUT2D eigenvalue weighted by molar-refractivity contribution is 7.85. The molecule has 2 rings (SSSR count). The van der Waals surface area contributed by atoms with Crippen LogP contribution in [0.4, 0.5) is 8.78 Å². The van der Waals surface area contributed by atoms with Crippen molar-refractivity contribution in [2.75, 3.05) is 0 Å². The molecular formula is C9H8F2O3S. The molecule has 1 aliphatic rings. The van der Waals surface area contributed by atoms with Gasteiger partial charge < -0.3 is 0 Å². The molecule has 1 N–H and O–H groups in total. The second-order valence-electron chi connectivity index (χ2n) is 3.56. The molecule has 15 heavy (non-hydrogen) atoms. The lowest BCUT2D eigenvalue weighted by Gasteiger charge is -2.00. The van der Waals surface area contributed by atoms with Gasteiger partial charge in [0, 0.05) is 6.42 Å². The third-order valence-corrected chi connectivity index (χ3v) is 3.27. The number of alkyl halides is 2. The number of hydrogen-bond donors (Lipinski definition) is 1. The molecule has 0 bridgehead atoms.